The van der Waals surface area contributed by atoms with Crippen LogP contribution >= 0.6 is 0 Å². The highest BCUT2D eigenvalue weighted by molar-refractivity contribution is 5.99. The number of rotatable bonds is 6. The van der Waals surface area contributed by atoms with Gasteiger partial charge in [0, 0.05) is 28.2 Å². The zero-order chi connectivity index (χ0) is 42.1. The van der Waals surface area contributed by atoms with Gasteiger partial charge in [-0.15, -0.1) is 0 Å². The van der Waals surface area contributed by atoms with Crippen LogP contribution in [0.2, 0.25) is 0 Å². The Hall–Kier alpha value is -7.44. The highest BCUT2D eigenvalue weighted by atomic mass is 15.0. The van der Waals surface area contributed by atoms with Crippen molar-refractivity contribution in [1.29, 1.82) is 0 Å². The van der Waals surface area contributed by atoms with Gasteiger partial charge in [0.2, 0.25) is 0 Å². The zero-order valence-corrected chi connectivity index (χ0v) is 35.4. The van der Waals surface area contributed by atoms with Crippen molar-refractivity contribution in [3.63, 3.8) is 0 Å². The minimum absolute atomic E-state index is 0.0999. The second kappa shape index (κ2) is 14.9. The lowest BCUT2D eigenvalue weighted by Crippen LogP contribution is -2.27. The molecule has 0 N–H and O–H groups in total. The molecule has 0 bridgehead atoms. The lowest BCUT2D eigenvalue weighted by molar-refractivity contribution is 0.744. The second-order valence-corrected chi connectivity index (χ2v) is 17.3. The van der Waals surface area contributed by atoms with Crippen LogP contribution in [0.3, 0.4) is 0 Å². The molecule has 2 atom stereocenters. The Morgan fingerprint density at radius 3 is 1.81 bits per heavy atom. The Morgan fingerprint density at radius 1 is 0.524 bits per heavy atom. The Balaban J connectivity index is 1.08. The van der Waals surface area contributed by atoms with Gasteiger partial charge in [0.1, 0.15) is 5.82 Å². The van der Waals surface area contributed by atoms with Crippen LogP contribution in [0.5, 0.6) is 0 Å². The van der Waals surface area contributed by atoms with E-state index in [1.807, 2.05) is 36.4 Å². The number of hydrogen-bond acceptors (Lipinski definition) is 6. The summed E-state index contributed by atoms with van der Waals surface area (Å²) < 4.78 is 0. The standard InChI is InChI=1S/C57H44N6/c1-35-23-27-43-45-29-25-41(55-60-51(37-15-7-3-8-16-37)58-52(61-55)38-17-9-4-10-18-38)33-49(45)57(47(43)31-35)48-32-36(2)24-28-44(48)46-30-26-42(34-50(46)57)56-62-53(39-19-11-5-12-20-39)59-54(63-56)40-21-13-6-14-22-40/h3-5,7-13,15-19,21-25,27-29,31-34,39H,6,14,20,26,30H2,1-2H3. The number of benzene rings is 5. The molecule has 7 aromatic rings. The number of allylic oxidation sites excluding steroid dienone is 12. The van der Waals surface area contributed by atoms with Crippen LogP contribution in [0.15, 0.2) is 169 Å². The fraction of sp³-hybridized carbons (Fsp3) is 0.158. The van der Waals surface area contributed by atoms with Crippen LogP contribution in [-0.4, -0.2) is 29.9 Å². The van der Waals surface area contributed by atoms with Crippen molar-refractivity contribution in [3.05, 3.63) is 220 Å². The molecular weight excluding hydrogens is 769 g/mol. The summed E-state index contributed by atoms with van der Waals surface area (Å²) in [5, 5.41) is 0. The SMILES string of the molecule is Cc1ccc2c(c1)C1(C3=C2CCC(c2nc(C4=CCCC=C4)nc(C4C=CC=CC4)n2)=C3)c2cc(C)ccc2-c2ccc(-c3nc(-c4ccccc4)nc(-c4ccccc4)n3)cc21. The summed E-state index contributed by atoms with van der Waals surface area (Å²) >= 11 is 0. The Bertz CT molecular complexity index is 3170. The highest BCUT2D eigenvalue weighted by Crippen LogP contribution is 2.64. The van der Waals surface area contributed by atoms with Crippen molar-refractivity contribution in [2.24, 2.45) is 0 Å². The first kappa shape index (κ1) is 37.3. The van der Waals surface area contributed by atoms with Gasteiger partial charge in [-0.1, -0.05) is 169 Å². The van der Waals surface area contributed by atoms with Crippen LogP contribution in [0.25, 0.3) is 62.0 Å². The van der Waals surface area contributed by atoms with Gasteiger partial charge in [0.05, 0.1) is 5.41 Å². The van der Waals surface area contributed by atoms with E-state index in [4.69, 9.17) is 29.9 Å². The van der Waals surface area contributed by atoms with Crippen molar-refractivity contribution < 1.29 is 0 Å². The molecule has 6 heteroatoms. The fourth-order valence-corrected chi connectivity index (χ4v) is 10.4. The van der Waals surface area contributed by atoms with Crippen molar-refractivity contribution in [2.45, 2.75) is 57.3 Å². The smallest absolute Gasteiger partial charge is 0.164 e. The molecule has 5 aliphatic rings. The first-order valence-corrected chi connectivity index (χ1v) is 22.2. The molecule has 1 spiro atoms. The van der Waals surface area contributed by atoms with Gasteiger partial charge in [0.15, 0.2) is 29.1 Å². The average Bonchev–Trinajstić information content (AvgIpc) is 3.80. The van der Waals surface area contributed by atoms with E-state index >= 15 is 0 Å². The largest absolute Gasteiger partial charge is 0.213 e. The maximum atomic E-state index is 5.32. The molecule has 0 radical (unpaired) electrons. The molecule has 0 saturated heterocycles. The highest BCUT2D eigenvalue weighted by Gasteiger charge is 2.53. The van der Waals surface area contributed by atoms with Crippen LogP contribution in [0.4, 0.5) is 0 Å². The Morgan fingerprint density at radius 2 is 1.14 bits per heavy atom. The molecule has 12 rings (SSSR count). The zero-order valence-electron chi connectivity index (χ0n) is 35.4. The summed E-state index contributed by atoms with van der Waals surface area (Å²) in [4.78, 5) is 31.2. The first-order valence-electron chi connectivity index (χ1n) is 22.2. The molecule has 6 nitrogen and oxygen atoms in total. The van der Waals surface area contributed by atoms with Gasteiger partial charge >= 0.3 is 0 Å². The maximum Gasteiger partial charge on any atom is 0.164 e. The van der Waals surface area contributed by atoms with E-state index < -0.39 is 5.41 Å². The molecular formula is C57H44N6. The number of aryl methyl sites for hydroxylation is 2. The third-order valence-corrected chi connectivity index (χ3v) is 13.4. The van der Waals surface area contributed by atoms with Crippen molar-refractivity contribution in [1.82, 2.24) is 29.9 Å². The normalized spacial score (nSPS) is 19.1. The van der Waals surface area contributed by atoms with Crippen LogP contribution in [-0.2, 0) is 5.41 Å². The van der Waals surface area contributed by atoms with Crippen molar-refractivity contribution in [3.8, 4) is 45.3 Å². The summed E-state index contributed by atoms with van der Waals surface area (Å²) in [6.07, 6.45) is 22.4. The van der Waals surface area contributed by atoms with E-state index in [0.29, 0.717) is 17.5 Å². The van der Waals surface area contributed by atoms with Gasteiger partial charge in [-0.05, 0) is 102 Å². The van der Waals surface area contributed by atoms with Gasteiger partial charge in [-0.3, -0.25) is 0 Å². The lowest BCUT2D eigenvalue weighted by atomic mass is 9.68. The monoisotopic (exact) mass is 812 g/mol. The molecule has 2 heterocycles. The molecule has 302 valence electrons. The topological polar surface area (TPSA) is 77.3 Å². The summed E-state index contributed by atoms with van der Waals surface area (Å²) in [5.41, 5.74) is 17.3. The van der Waals surface area contributed by atoms with E-state index in [0.717, 1.165) is 77.4 Å². The predicted molar refractivity (Wildman–Crippen MR) is 253 cm³/mol. The lowest BCUT2D eigenvalue weighted by Gasteiger charge is -2.33. The molecule has 0 saturated carbocycles. The second-order valence-electron chi connectivity index (χ2n) is 17.3. The number of fused-ring (bicyclic) bond motifs is 9. The van der Waals surface area contributed by atoms with Gasteiger partial charge < -0.3 is 0 Å². The van der Waals surface area contributed by atoms with Crippen LogP contribution in [0, 0.1) is 13.8 Å². The fourth-order valence-electron chi connectivity index (χ4n) is 10.4. The summed E-state index contributed by atoms with van der Waals surface area (Å²) in [5.74, 6) is 4.40. The minimum atomic E-state index is -0.586. The van der Waals surface area contributed by atoms with Crippen molar-refractivity contribution in [2.75, 3.05) is 0 Å². The van der Waals surface area contributed by atoms with E-state index in [1.165, 1.54) is 55.7 Å². The van der Waals surface area contributed by atoms with E-state index in [9.17, 15) is 0 Å². The number of hydrogen-bond donors (Lipinski definition) is 0. The molecule has 5 aliphatic carbocycles. The molecule has 5 aromatic carbocycles. The maximum absolute atomic E-state index is 5.32. The molecule has 0 amide bonds. The van der Waals surface area contributed by atoms with Gasteiger partial charge in [-0.25, -0.2) is 29.9 Å². The average molecular weight is 813 g/mol. The molecule has 63 heavy (non-hydrogen) atoms. The number of aromatic nitrogens is 6. The predicted octanol–water partition coefficient (Wildman–Crippen LogP) is 13.0. The summed E-state index contributed by atoms with van der Waals surface area (Å²) in [7, 11) is 0. The van der Waals surface area contributed by atoms with Crippen LogP contribution in [0.1, 0.15) is 88.9 Å². The third-order valence-electron chi connectivity index (χ3n) is 13.4. The van der Waals surface area contributed by atoms with E-state index in [2.05, 4.69) is 141 Å². The summed E-state index contributed by atoms with van der Waals surface area (Å²) in [6, 6.07) is 41.4. The number of nitrogens with zero attached hydrogens (tertiary/aromatic N) is 6. The van der Waals surface area contributed by atoms with E-state index in [-0.39, 0.29) is 5.92 Å². The van der Waals surface area contributed by atoms with Gasteiger partial charge in [0.25, 0.3) is 0 Å². The van der Waals surface area contributed by atoms with Crippen LogP contribution < -0.4 is 0 Å². The molecule has 2 unspecified atom stereocenters. The van der Waals surface area contributed by atoms with E-state index in [1.54, 1.807) is 0 Å². The molecule has 0 fully saturated rings. The Labute approximate surface area is 368 Å². The quantitative estimate of drug-likeness (QED) is 0.166. The summed E-state index contributed by atoms with van der Waals surface area (Å²) in [6.45, 7) is 4.43. The third kappa shape index (κ3) is 6.15. The molecule has 2 aromatic heterocycles. The minimum Gasteiger partial charge on any atom is -0.213 e. The Kier molecular flexibility index (Phi) is 8.82. The van der Waals surface area contributed by atoms with Gasteiger partial charge in [-0.2, -0.15) is 0 Å². The first-order chi connectivity index (χ1) is 31.0. The van der Waals surface area contributed by atoms with Crippen molar-refractivity contribution >= 4 is 16.7 Å². The molecule has 0 aliphatic heterocycles.